The maximum absolute atomic E-state index is 14.8. The standard InChI is InChI=1S/C13H19NO.C13H9.C12H11Si.2ClH.Hf/c1-8(2)10-6-5-7-11(9(3)4)12(10)13(14)15;1-3-7-12-10(5-1)9-11-6-2-4-8-13(11)12;1-3-7-11(8-4-1)13-12-9-5-2-6-10-12;;;/h5-9H,1-4H3,(H2,14,15);1-9H;1-10,13H;2*1H;/q;;;;;+3/p-3. The van der Waals surface area contributed by atoms with Gasteiger partial charge in [-0.05, 0) is 0 Å². The van der Waals surface area contributed by atoms with Gasteiger partial charge in [0.2, 0.25) is 0 Å². The van der Waals surface area contributed by atoms with Gasteiger partial charge in [0.05, 0.1) is 0 Å². The number of carbonyl (C=O) groups excluding carboxylic acids is 1. The second kappa shape index (κ2) is 15.0. The molecular formula is C38H38Cl2HfNOSi. The van der Waals surface area contributed by atoms with Gasteiger partial charge in [-0.25, -0.2) is 0 Å². The van der Waals surface area contributed by atoms with Crippen molar-refractivity contribution in [3.05, 3.63) is 155 Å². The Morgan fingerprint density at radius 2 is 1.00 bits per heavy atom. The van der Waals surface area contributed by atoms with Gasteiger partial charge in [0.1, 0.15) is 0 Å². The van der Waals surface area contributed by atoms with Crippen molar-refractivity contribution in [2.75, 3.05) is 0 Å². The zero-order valence-corrected chi connectivity index (χ0v) is 31.9. The third-order valence-corrected chi connectivity index (χ3v) is 35.4. The molecule has 5 aromatic carbocycles. The molecule has 2 nitrogen and oxygen atoms in total. The van der Waals surface area contributed by atoms with Gasteiger partial charge in [0.25, 0.3) is 0 Å². The zero-order valence-electron chi connectivity index (χ0n) is 25.6. The topological polar surface area (TPSA) is 29.1 Å². The fourth-order valence-electron chi connectivity index (χ4n) is 6.65. The molecule has 0 unspecified atom stereocenters. The normalized spacial score (nSPS) is 11.9. The van der Waals surface area contributed by atoms with E-state index in [1.807, 2.05) is 0 Å². The molecular weight excluding hydrogens is 764 g/mol. The molecule has 223 valence electrons. The first-order chi connectivity index (χ1) is 20.5. The van der Waals surface area contributed by atoms with Crippen LogP contribution in [0.4, 0.5) is 0 Å². The minimum absolute atomic E-state index is 0. The van der Waals surface area contributed by atoms with Crippen LogP contribution in [-0.4, -0.2) is 11.9 Å². The molecule has 0 saturated heterocycles. The summed E-state index contributed by atoms with van der Waals surface area (Å²) in [5.74, 6) is -1.15. The van der Waals surface area contributed by atoms with Crippen LogP contribution in [0.15, 0.2) is 127 Å². The molecule has 0 radical (unpaired) electrons. The molecule has 1 N–H and O–H groups in total. The fraction of sp³-hybridized carbons (Fsp3) is 0.184. The number of halogens is 2. The van der Waals surface area contributed by atoms with Gasteiger partial charge in [-0.2, -0.15) is 0 Å². The Morgan fingerprint density at radius 3 is 1.43 bits per heavy atom. The van der Waals surface area contributed by atoms with Crippen LogP contribution < -0.4 is 38.5 Å². The largest absolute Gasteiger partial charge is 1.00 e. The van der Waals surface area contributed by atoms with Gasteiger partial charge in [0.15, 0.2) is 0 Å². The predicted molar refractivity (Wildman–Crippen MR) is 175 cm³/mol. The maximum Gasteiger partial charge on any atom is -1.00 e. The molecule has 6 heteroatoms. The van der Waals surface area contributed by atoms with E-state index in [-0.39, 0.29) is 46.2 Å². The van der Waals surface area contributed by atoms with Gasteiger partial charge in [0, 0.05) is 0 Å². The first-order valence-electron chi connectivity index (χ1n) is 15.0. The van der Waals surface area contributed by atoms with Crippen LogP contribution >= 0.6 is 0 Å². The number of carbonyl (C=O) groups is 1. The van der Waals surface area contributed by atoms with Gasteiger partial charge in [-0.15, -0.1) is 0 Å². The van der Waals surface area contributed by atoms with E-state index in [1.54, 1.807) is 0 Å². The minimum atomic E-state index is -3.20. The van der Waals surface area contributed by atoms with E-state index in [0.29, 0.717) is 0 Å². The Balaban J connectivity index is 0.00000221. The van der Waals surface area contributed by atoms with Crippen molar-refractivity contribution in [2.45, 2.75) is 43.2 Å². The summed E-state index contributed by atoms with van der Waals surface area (Å²) in [4.78, 5) is 14.8. The Bertz CT molecular complexity index is 1600. The molecule has 0 heterocycles. The summed E-state index contributed by atoms with van der Waals surface area (Å²) in [6.07, 6.45) is 0. The second-order valence-corrected chi connectivity index (χ2v) is 31.6. The minimum Gasteiger partial charge on any atom is -1.00 e. The number of fused-ring (bicyclic) bond motifs is 3. The third kappa shape index (κ3) is 6.60. The molecule has 0 fully saturated rings. The molecule has 0 aliphatic heterocycles. The summed E-state index contributed by atoms with van der Waals surface area (Å²) in [5, 5.41) is 2.85. The summed E-state index contributed by atoms with van der Waals surface area (Å²) >= 11 is -3.20. The van der Waals surface area contributed by atoms with Crippen molar-refractivity contribution in [3.63, 3.8) is 0 Å². The summed E-state index contributed by atoms with van der Waals surface area (Å²) in [6.45, 7) is 8.80. The summed E-state index contributed by atoms with van der Waals surface area (Å²) in [7, 11) is 0. The number of benzene rings is 5. The number of hydrogen-bond donors (Lipinski definition) is 1. The Labute approximate surface area is 283 Å². The molecule has 1 aliphatic carbocycles. The van der Waals surface area contributed by atoms with Crippen LogP contribution in [0, 0.1) is 0 Å². The predicted octanol–water partition coefficient (Wildman–Crippen LogP) is 1.51. The number of nitrogens with one attached hydrogen (secondary N) is 1. The monoisotopic (exact) mass is 802 g/mol. The van der Waals surface area contributed by atoms with E-state index in [2.05, 4.69) is 158 Å². The van der Waals surface area contributed by atoms with Crippen molar-refractivity contribution in [1.82, 2.24) is 3.30 Å². The van der Waals surface area contributed by atoms with Crippen molar-refractivity contribution >= 4 is 22.3 Å². The SMILES string of the molecule is CC(C)c1cccc(C(C)C)c1C(=O)[NH][Hf+2]([CH]1c2ccccc2-c2ccccc21)[SiH](c1ccccc1)c1ccccc1.[Cl-].[Cl-]. The molecule has 1 amide bonds. The van der Waals surface area contributed by atoms with Crippen LogP contribution in [0.25, 0.3) is 11.1 Å². The molecule has 44 heavy (non-hydrogen) atoms. The average molecular weight is 802 g/mol. The first-order valence-corrected chi connectivity index (χ1v) is 26.9. The average Bonchev–Trinajstić information content (AvgIpc) is 3.35. The maximum atomic E-state index is 14.8. The van der Waals surface area contributed by atoms with Crippen molar-refractivity contribution in [3.8, 4) is 11.1 Å². The molecule has 0 spiro atoms. The second-order valence-electron chi connectivity index (χ2n) is 11.9. The Morgan fingerprint density at radius 1 is 0.591 bits per heavy atom. The van der Waals surface area contributed by atoms with Gasteiger partial charge in [-0.1, -0.05) is 0 Å². The van der Waals surface area contributed by atoms with Gasteiger partial charge in [-0.3, -0.25) is 0 Å². The van der Waals surface area contributed by atoms with E-state index < -0.39 is 26.9 Å². The molecule has 5 aromatic rings. The molecule has 1 aliphatic rings. The first kappa shape index (κ1) is 34.1. The number of hydrogen-bond acceptors (Lipinski definition) is 1. The zero-order chi connectivity index (χ0) is 29.2. The van der Waals surface area contributed by atoms with Crippen molar-refractivity contribution in [1.29, 1.82) is 0 Å². The van der Waals surface area contributed by atoms with Crippen LogP contribution in [0.1, 0.15) is 75.8 Å². The third-order valence-electron chi connectivity index (χ3n) is 8.58. The van der Waals surface area contributed by atoms with Crippen molar-refractivity contribution in [2.24, 2.45) is 0 Å². The van der Waals surface area contributed by atoms with Crippen LogP contribution in [0.2, 0.25) is 0 Å². The van der Waals surface area contributed by atoms with E-state index in [1.165, 1.54) is 32.6 Å². The van der Waals surface area contributed by atoms with E-state index in [9.17, 15) is 4.79 Å². The smallest absolute Gasteiger partial charge is 1.00 e. The summed E-state index contributed by atoms with van der Waals surface area (Å²) in [6, 6.07) is 46.4. The number of amides is 1. The van der Waals surface area contributed by atoms with Crippen molar-refractivity contribution < 1.29 is 50.5 Å². The van der Waals surface area contributed by atoms with Gasteiger partial charge < -0.3 is 24.8 Å². The van der Waals surface area contributed by atoms with Crippen LogP contribution in [0.5, 0.6) is 0 Å². The quantitative estimate of drug-likeness (QED) is 0.237. The molecule has 0 saturated carbocycles. The van der Waals surface area contributed by atoms with Gasteiger partial charge >= 0.3 is 261 Å². The molecule has 0 bridgehead atoms. The molecule has 0 aromatic heterocycles. The van der Waals surface area contributed by atoms with E-state index in [4.69, 9.17) is 0 Å². The Hall–Kier alpha value is -2.76. The summed E-state index contributed by atoms with van der Waals surface area (Å²) in [5.41, 5.74) is 8.64. The van der Waals surface area contributed by atoms with E-state index >= 15 is 0 Å². The molecule has 0 atom stereocenters. The summed E-state index contributed by atoms with van der Waals surface area (Å²) < 4.78 is 4.24. The van der Waals surface area contributed by atoms with Crippen LogP contribution in [0.3, 0.4) is 0 Å². The Kier molecular flexibility index (Phi) is 11.6. The van der Waals surface area contributed by atoms with Crippen LogP contribution in [-0.2, 0) is 20.9 Å². The van der Waals surface area contributed by atoms with E-state index in [0.717, 1.165) is 16.7 Å². The fourth-order valence-corrected chi connectivity index (χ4v) is 36.6. The molecule has 6 rings (SSSR count). The number of rotatable bonds is 8.